The topological polar surface area (TPSA) is 473 Å². The van der Waals surface area contributed by atoms with Gasteiger partial charge in [-0.05, 0) is 58.3 Å². The fraction of sp³-hybridized carbons (Fsp3) is 0.782. The SMILES string of the molecule is CC(O)C(NC(=O)[C@@H](N)CCCCNC(=O)CC[C@H](NC(=O)COCCOCCNC(=O)COCCOCCNC(=O)CCC(NC(=O)CC[C@H](NC(=O)CCCCCCCCCCCCCCCCC(=O)O)C(=O)O)C(=O)O)C(=O)O)C(=O)O. The molecule has 85 heavy (non-hydrogen) atoms. The molecule has 0 aromatic heterocycles. The van der Waals surface area contributed by atoms with Gasteiger partial charge in [0.05, 0.1) is 51.8 Å². The van der Waals surface area contributed by atoms with E-state index in [1.165, 1.54) is 32.6 Å². The summed E-state index contributed by atoms with van der Waals surface area (Å²) in [7, 11) is 0. The van der Waals surface area contributed by atoms with Crippen molar-refractivity contribution in [2.75, 3.05) is 72.5 Å². The number of carbonyl (C=O) groups is 12. The van der Waals surface area contributed by atoms with Crippen LogP contribution in [0.3, 0.4) is 0 Å². The van der Waals surface area contributed by atoms with Crippen molar-refractivity contribution in [3.05, 3.63) is 0 Å². The van der Waals surface area contributed by atoms with Crippen LogP contribution in [0.2, 0.25) is 0 Å². The van der Waals surface area contributed by atoms with E-state index < -0.39 is 114 Å². The third-order valence-electron chi connectivity index (χ3n) is 12.9. The van der Waals surface area contributed by atoms with Gasteiger partial charge in [-0.15, -0.1) is 0 Å². The van der Waals surface area contributed by atoms with Crippen LogP contribution in [0.15, 0.2) is 0 Å². The van der Waals surface area contributed by atoms with E-state index in [1.54, 1.807) is 0 Å². The lowest BCUT2D eigenvalue weighted by Crippen LogP contribution is -2.52. The first-order valence-electron chi connectivity index (χ1n) is 29.4. The maximum Gasteiger partial charge on any atom is 0.328 e. The molecule has 0 aliphatic rings. The lowest BCUT2D eigenvalue weighted by atomic mass is 10.0. The Labute approximate surface area is 496 Å². The number of aliphatic hydroxyl groups is 1. The van der Waals surface area contributed by atoms with Crippen molar-refractivity contribution in [2.24, 2.45) is 5.73 Å². The number of aliphatic hydroxyl groups excluding tert-OH is 1. The van der Waals surface area contributed by atoms with Crippen LogP contribution in [0.1, 0.15) is 167 Å². The third-order valence-corrected chi connectivity index (χ3v) is 12.9. The number of amides is 7. The van der Waals surface area contributed by atoms with E-state index in [0.717, 1.165) is 57.8 Å². The molecule has 6 atom stereocenters. The number of unbranched alkanes of at least 4 members (excludes halogenated alkanes) is 14. The number of hydrogen-bond donors (Lipinski definition) is 14. The van der Waals surface area contributed by atoms with Crippen LogP contribution < -0.4 is 43.0 Å². The summed E-state index contributed by atoms with van der Waals surface area (Å²) in [6, 6.07) is -6.68. The number of hydrogen-bond acceptors (Lipinski definition) is 18. The zero-order valence-corrected chi connectivity index (χ0v) is 49.2. The van der Waals surface area contributed by atoms with Crippen molar-refractivity contribution in [1.82, 2.24) is 37.2 Å². The zero-order chi connectivity index (χ0) is 63.6. The molecule has 0 aliphatic carbocycles. The lowest BCUT2D eigenvalue weighted by Gasteiger charge is -2.19. The molecule has 0 rings (SSSR count). The van der Waals surface area contributed by atoms with Gasteiger partial charge in [0.2, 0.25) is 41.4 Å². The third kappa shape index (κ3) is 46.4. The van der Waals surface area contributed by atoms with Crippen LogP contribution in [0.25, 0.3) is 0 Å². The number of nitrogens with one attached hydrogen (secondary N) is 7. The van der Waals surface area contributed by atoms with E-state index in [-0.39, 0.29) is 124 Å². The molecule has 7 amide bonds. The quantitative estimate of drug-likeness (QED) is 0.0362. The highest BCUT2D eigenvalue weighted by Gasteiger charge is 2.28. The van der Waals surface area contributed by atoms with E-state index in [4.69, 9.17) is 34.9 Å². The first-order valence-corrected chi connectivity index (χ1v) is 29.4. The Morgan fingerprint density at radius 1 is 0.365 bits per heavy atom. The summed E-state index contributed by atoms with van der Waals surface area (Å²) >= 11 is 0. The molecule has 0 saturated heterocycles. The molecule has 0 spiro atoms. The van der Waals surface area contributed by atoms with Crippen LogP contribution in [-0.2, 0) is 76.5 Å². The number of rotatable bonds is 57. The maximum atomic E-state index is 12.6. The van der Waals surface area contributed by atoms with Gasteiger partial charge in [-0.1, -0.05) is 77.0 Å². The van der Waals surface area contributed by atoms with Crippen LogP contribution in [0, 0.1) is 0 Å². The number of carboxylic acids is 5. The van der Waals surface area contributed by atoms with Gasteiger partial charge in [-0.3, -0.25) is 38.4 Å². The molecule has 0 bridgehead atoms. The minimum Gasteiger partial charge on any atom is -0.481 e. The second kappa shape index (κ2) is 50.7. The van der Waals surface area contributed by atoms with Crippen molar-refractivity contribution in [3.8, 4) is 0 Å². The molecule has 0 aromatic rings. The van der Waals surface area contributed by atoms with Crippen LogP contribution >= 0.6 is 0 Å². The largest absolute Gasteiger partial charge is 0.481 e. The molecular weight excluding hydrogens is 1120 g/mol. The van der Waals surface area contributed by atoms with E-state index in [9.17, 15) is 78.0 Å². The van der Waals surface area contributed by atoms with Crippen molar-refractivity contribution in [2.45, 2.75) is 204 Å². The average molecular weight is 1220 g/mol. The number of carboxylic acid groups (broad SMARTS) is 5. The molecule has 0 fully saturated rings. The van der Waals surface area contributed by atoms with Crippen LogP contribution in [0.5, 0.6) is 0 Å². The number of nitrogens with two attached hydrogens (primary N) is 1. The lowest BCUT2D eigenvalue weighted by molar-refractivity contribution is -0.145. The fourth-order valence-corrected chi connectivity index (χ4v) is 8.07. The standard InChI is InChI=1S/C55H96N8O22/c1-38(64)50(55(80)81)63-51(73)39(56)18-16-17-27-57-43(65)24-22-42(54(78)79)62-48(70)37-85-35-33-83-31-29-59-47(69)36-84-34-32-82-30-28-58-44(66)25-21-40(52(74)75)61-46(68)26-23-41(53(76)77)60-45(67)19-14-12-10-8-6-4-2-3-5-7-9-11-13-15-20-49(71)72/h38-42,50,64H,2-37,56H2,1H3,(H,57,65)(H,58,66)(H,59,69)(H,60,67)(H,61,68)(H,62,70)(H,63,73)(H,71,72)(H,74,75)(H,76,77)(H,78,79)(H,80,81)/t38?,39-,40?,41-,42-,50?/m0/s1. The Kier molecular flexibility index (Phi) is 46.8. The highest BCUT2D eigenvalue weighted by atomic mass is 16.5. The highest BCUT2D eigenvalue weighted by molar-refractivity contribution is 5.88. The molecule has 30 heteroatoms. The maximum absolute atomic E-state index is 12.6. The second-order valence-electron chi connectivity index (χ2n) is 20.4. The van der Waals surface area contributed by atoms with Gasteiger partial charge in [-0.25, -0.2) is 19.2 Å². The van der Waals surface area contributed by atoms with Gasteiger partial charge in [0, 0.05) is 51.7 Å². The van der Waals surface area contributed by atoms with Gasteiger partial charge < -0.3 is 92.5 Å². The molecule has 15 N–H and O–H groups in total. The van der Waals surface area contributed by atoms with Gasteiger partial charge in [0.15, 0.2) is 6.04 Å². The predicted molar refractivity (Wildman–Crippen MR) is 303 cm³/mol. The summed E-state index contributed by atoms with van der Waals surface area (Å²) < 4.78 is 21.2. The van der Waals surface area contributed by atoms with Crippen LogP contribution in [0.4, 0.5) is 0 Å². The normalized spacial score (nSPS) is 13.2. The Balaban J connectivity index is 4.04. The fourth-order valence-electron chi connectivity index (χ4n) is 8.07. The average Bonchev–Trinajstić information content (AvgIpc) is 3.55. The Bertz CT molecular complexity index is 2000. The van der Waals surface area contributed by atoms with Gasteiger partial charge in [-0.2, -0.15) is 0 Å². The number of aliphatic carboxylic acids is 5. The smallest absolute Gasteiger partial charge is 0.328 e. The monoisotopic (exact) mass is 1220 g/mol. The molecule has 0 heterocycles. The second-order valence-corrected chi connectivity index (χ2v) is 20.4. The molecule has 0 aromatic carbocycles. The number of carbonyl (C=O) groups excluding carboxylic acids is 7. The summed E-state index contributed by atoms with van der Waals surface area (Å²) in [4.78, 5) is 143. The predicted octanol–water partition coefficient (Wildman–Crippen LogP) is 0.224. The summed E-state index contributed by atoms with van der Waals surface area (Å²) in [5.41, 5.74) is 5.78. The van der Waals surface area contributed by atoms with Crippen molar-refractivity contribution in [3.63, 3.8) is 0 Å². The Hall–Kier alpha value is -6.60. The van der Waals surface area contributed by atoms with E-state index >= 15 is 0 Å². The zero-order valence-electron chi connectivity index (χ0n) is 49.2. The molecule has 3 unspecified atom stereocenters. The summed E-state index contributed by atoms with van der Waals surface area (Å²) in [5, 5.41) is 72.8. The van der Waals surface area contributed by atoms with Gasteiger partial charge >= 0.3 is 29.8 Å². The minimum absolute atomic E-state index is 0.0300. The Morgan fingerprint density at radius 2 is 0.729 bits per heavy atom. The molecular formula is C55H96N8O22. The van der Waals surface area contributed by atoms with Crippen molar-refractivity contribution >= 4 is 71.2 Å². The van der Waals surface area contributed by atoms with Gasteiger partial charge in [0.25, 0.3) is 0 Å². The van der Waals surface area contributed by atoms with Crippen molar-refractivity contribution < 1.29 is 107 Å². The highest BCUT2D eigenvalue weighted by Crippen LogP contribution is 2.14. The molecule has 0 radical (unpaired) electrons. The number of ether oxygens (including phenoxy) is 4. The van der Waals surface area contributed by atoms with Crippen molar-refractivity contribution in [1.29, 1.82) is 0 Å². The molecule has 0 aliphatic heterocycles. The van der Waals surface area contributed by atoms with Crippen LogP contribution in [-0.4, -0.2) is 211 Å². The van der Waals surface area contributed by atoms with E-state index in [0.29, 0.717) is 19.3 Å². The van der Waals surface area contributed by atoms with Gasteiger partial charge in [0.1, 0.15) is 31.3 Å². The van der Waals surface area contributed by atoms with E-state index in [1.807, 2.05) is 0 Å². The summed E-state index contributed by atoms with van der Waals surface area (Å²) in [5.74, 6) is -10.3. The Morgan fingerprint density at radius 3 is 1.15 bits per heavy atom. The summed E-state index contributed by atoms with van der Waals surface area (Å²) in [6.45, 7) is 1.16. The first-order chi connectivity index (χ1) is 40.5. The summed E-state index contributed by atoms with van der Waals surface area (Å²) in [6.07, 6.45) is 12.8. The van der Waals surface area contributed by atoms with E-state index in [2.05, 4.69) is 37.2 Å². The molecule has 488 valence electrons. The molecule has 30 nitrogen and oxygen atoms in total. The minimum atomic E-state index is -1.51. The molecule has 0 saturated carbocycles. The first kappa shape index (κ1) is 78.4.